The Morgan fingerprint density at radius 1 is 0.588 bits per heavy atom. The third-order valence-corrected chi connectivity index (χ3v) is 7.19. The van der Waals surface area contributed by atoms with Crippen molar-refractivity contribution >= 4 is 47.0 Å². The van der Waals surface area contributed by atoms with E-state index < -0.39 is 0 Å². The van der Waals surface area contributed by atoms with Crippen LogP contribution in [0, 0.1) is 0 Å². The first-order valence-corrected chi connectivity index (χ1v) is 11.1. The summed E-state index contributed by atoms with van der Waals surface area (Å²) in [4.78, 5) is 0. The van der Waals surface area contributed by atoms with E-state index >= 15 is 0 Å². The molecule has 0 saturated carbocycles. The molecule has 0 radical (unpaired) electrons. The predicted molar refractivity (Wildman–Crippen MR) is 91.1 cm³/mol. The van der Waals surface area contributed by atoms with Gasteiger partial charge >= 0.3 is 0 Å². The van der Waals surface area contributed by atoms with Gasteiger partial charge in [0.05, 0.1) is 0 Å². The Morgan fingerprint density at radius 3 is 1.35 bits per heavy atom. The molecule has 17 heavy (non-hydrogen) atoms. The molecule has 0 aromatic rings. The average Bonchev–Trinajstić information content (AvgIpc) is 2.32. The van der Waals surface area contributed by atoms with Gasteiger partial charge in [-0.15, -0.1) is 0 Å². The molecule has 0 unspecified atom stereocenters. The summed E-state index contributed by atoms with van der Waals surface area (Å²) >= 11 is 8.34. The van der Waals surface area contributed by atoms with E-state index in [1.54, 1.807) is 0 Å². The smallest absolute Gasteiger partial charge is 0.0222 e. The third-order valence-electron chi connectivity index (χ3n) is 2.40. The quantitative estimate of drug-likeness (QED) is 0.739. The fourth-order valence-electron chi connectivity index (χ4n) is 1.51. The van der Waals surface area contributed by atoms with Crippen molar-refractivity contribution in [2.75, 3.05) is 46.0 Å². The molecule has 1 nitrogen and oxygen atoms in total. The lowest BCUT2D eigenvalue weighted by Gasteiger charge is -2.11. The molecule has 1 fully saturated rings. The molecule has 0 atom stereocenters. The van der Waals surface area contributed by atoms with Crippen LogP contribution in [0.15, 0.2) is 0 Å². The Hall–Kier alpha value is 1.36. The minimum atomic E-state index is 0.401. The SMILES string of the molecule is NC1CSCCCSCCCSCCCSC1. The lowest BCUT2D eigenvalue weighted by atomic mass is 10.4. The summed E-state index contributed by atoms with van der Waals surface area (Å²) in [6.07, 6.45) is 4.09. The summed E-state index contributed by atoms with van der Waals surface area (Å²) in [6.45, 7) is 0. The molecule has 1 aliphatic rings. The number of hydrogen-bond donors (Lipinski definition) is 1. The van der Waals surface area contributed by atoms with Gasteiger partial charge in [-0.1, -0.05) is 0 Å². The molecule has 102 valence electrons. The Labute approximate surface area is 124 Å². The van der Waals surface area contributed by atoms with E-state index in [0.717, 1.165) is 11.5 Å². The monoisotopic (exact) mass is 311 g/mol. The lowest BCUT2D eigenvalue weighted by molar-refractivity contribution is 0.858. The Balaban J connectivity index is 2.09. The van der Waals surface area contributed by atoms with Crippen molar-refractivity contribution in [2.24, 2.45) is 5.73 Å². The van der Waals surface area contributed by atoms with E-state index in [2.05, 4.69) is 23.5 Å². The van der Waals surface area contributed by atoms with Crippen molar-refractivity contribution in [3.8, 4) is 0 Å². The first-order chi connectivity index (χ1) is 8.39. The molecule has 0 bridgehead atoms. The predicted octanol–water partition coefficient (Wildman–Crippen LogP) is 3.43. The van der Waals surface area contributed by atoms with Crippen molar-refractivity contribution in [1.82, 2.24) is 0 Å². The normalized spacial score (nSPS) is 24.5. The molecular weight excluding hydrogens is 286 g/mol. The van der Waals surface area contributed by atoms with Gasteiger partial charge in [0.2, 0.25) is 0 Å². The lowest BCUT2D eigenvalue weighted by Crippen LogP contribution is -2.26. The summed E-state index contributed by atoms with van der Waals surface area (Å²) in [6, 6.07) is 0.401. The molecule has 5 heteroatoms. The van der Waals surface area contributed by atoms with Crippen molar-refractivity contribution in [1.29, 1.82) is 0 Å². The highest BCUT2D eigenvalue weighted by atomic mass is 32.2. The van der Waals surface area contributed by atoms with E-state index in [9.17, 15) is 0 Å². The summed E-state index contributed by atoms with van der Waals surface area (Å²) in [5, 5.41) is 0. The Kier molecular flexibility index (Phi) is 12.0. The second kappa shape index (κ2) is 12.4. The van der Waals surface area contributed by atoms with E-state index in [-0.39, 0.29) is 0 Å². The van der Waals surface area contributed by atoms with Gasteiger partial charge in [-0.2, -0.15) is 47.0 Å². The maximum Gasteiger partial charge on any atom is 0.0222 e. The molecule has 0 aliphatic carbocycles. The fraction of sp³-hybridized carbons (Fsp3) is 1.00. The van der Waals surface area contributed by atoms with Crippen LogP contribution in [0.25, 0.3) is 0 Å². The first kappa shape index (κ1) is 16.4. The van der Waals surface area contributed by atoms with Gasteiger partial charge in [-0.05, 0) is 53.8 Å². The van der Waals surface area contributed by atoms with Crippen molar-refractivity contribution in [2.45, 2.75) is 25.3 Å². The van der Waals surface area contributed by atoms with E-state index in [1.807, 2.05) is 23.5 Å². The van der Waals surface area contributed by atoms with Crippen LogP contribution in [0.1, 0.15) is 19.3 Å². The number of thioether (sulfide) groups is 4. The van der Waals surface area contributed by atoms with Gasteiger partial charge in [0.1, 0.15) is 0 Å². The maximum absolute atomic E-state index is 6.09. The second-order valence-electron chi connectivity index (χ2n) is 4.20. The molecule has 0 amide bonds. The molecule has 2 N–H and O–H groups in total. The standard InChI is InChI=1S/C12H25NS4/c13-12-10-16-8-2-6-14-4-1-5-15-7-3-9-17-11-12/h12H,1-11,13H2. The van der Waals surface area contributed by atoms with E-state index in [4.69, 9.17) is 5.73 Å². The van der Waals surface area contributed by atoms with Gasteiger partial charge in [0, 0.05) is 17.5 Å². The van der Waals surface area contributed by atoms with E-state index in [1.165, 1.54) is 53.8 Å². The van der Waals surface area contributed by atoms with Crippen LogP contribution in [0.4, 0.5) is 0 Å². The highest BCUT2D eigenvalue weighted by Crippen LogP contribution is 2.15. The van der Waals surface area contributed by atoms with Crippen LogP contribution in [-0.4, -0.2) is 52.1 Å². The molecule has 0 aromatic heterocycles. The minimum Gasteiger partial charge on any atom is -0.326 e. The molecule has 1 aliphatic heterocycles. The highest BCUT2D eigenvalue weighted by molar-refractivity contribution is 8.01. The number of hydrogen-bond acceptors (Lipinski definition) is 5. The van der Waals surface area contributed by atoms with Gasteiger partial charge in [0.25, 0.3) is 0 Å². The van der Waals surface area contributed by atoms with Crippen molar-refractivity contribution < 1.29 is 0 Å². The first-order valence-electron chi connectivity index (χ1n) is 6.46. The fourth-order valence-corrected chi connectivity index (χ4v) is 5.88. The zero-order valence-corrected chi connectivity index (χ0v) is 13.8. The van der Waals surface area contributed by atoms with Gasteiger partial charge < -0.3 is 5.73 Å². The van der Waals surface area contributed by atoms with Crippen LogP contribution < -0.4 is 5.73 Å². The zero-order valence-electron chi connectivity index (χ0n) is 10.6. The van der Waals surface area contributed by atoms with Crippen LogP contribution in [0.5, 0.6) is 0 Å². The summed E-state index contributed by atoms with van der Waals surface area (Å²) < 4.78 is 0. The zero-order chi connectivity index (χ0) is 12.2. The molecular formula is C12H25NS4. The Bertz CT molecular complexity index is 153. The minimum absolute atomic E-state index is 0.401. The summed E-state index contributed by atoms with van der Waals surface area (Å²) in [7, 11) is 0. The number of nitrogens with two attached hydrogens (primary N) is 1. The largest absolute Gasteiger partial charge is 0.326 e. The molecule has 1 heterocycles. The highest BCUT2D eigenvalue weighted by Gasteiger charge is 2.03. The van der Waals surface area contributed by atoms with Crippen LogP contribution in [0.3, 0.4) is 0 Å². The molecule has 0 spiro atoms. The van der Waals surface area contributed by atoms with Crippen LogP contribution in [0.2, 0.25) is 0 Å². The van der Waals surface area contributed by atoms with Crippen LogP contribution in [-0.2, 0) is 0 Å². The second-order valence-corrected chi connectivity index (χ2v) is 8.94. The summed E-state index contributed by atoms with van der Waals surface area (Å²) in [5.74, 6) is 10.3. The number of rotatable bonds is 0. The maximum atomic E-state index is 6.09. The van der Waals surface area contributed by atoms with Crippen molar-refractivity contribution in [3.05, 3.63) is 0 Å². The molecule has 1 rings (SSSR count). The van der Waals surface area contributed by atoms with Gasteiger partial charge in [-0.25, -0.2) is 0 Å². The molecule has 0 aromatic carbocycles. The summed E-state index contributed by atoms with van der Waals surface area (Å²) in [5.41, 5.74) is 6.09. The van der Waals surface area contributed by atoms with Crippen LogP contribution >= 0.6 is 47.0 Å². The Morgan fingerprint density at radius 2 is 0.941 bits per heavy atom. The average molecular weight is 312 g/mol. The topological polar surface area (TPSA) is 26.0 Å². The van der Waals surface area contributed by atoms with E-state index in [0.29, 0.717) is 6.04 Å². The van der Waals surface area contributed by atoms with Crippen molar-refractivity contribution in [3.63, 3.8) is 0 Å². The van der Waals surface area contributed by atoms with Gasteiger partial charge in [-0.3, -0.25) is 0 Å². The molecule has 1 saturated heterocycles. The van der Waals surface area contributed by atoms with Gasteiger partial charge in [0.15, 0.2) is 0 Å². The third kappa shape index (κ3) is 10.9.